The van der Waals surface area contributed by atoms with Gasteiger partial charge in [0.25, 0.3) is 5.91 Å². The molecule has 1 amide bonds. The first-order valence-corrected chi connectivity index (χ1v) is 7.55. The van der Waals surface area contributed by atoms with Gasteiger partial charge >= 0.3 is 0 Å². The molecule has 0 aliphatic rings. The first kappa shape index (κ1) is 16.2. The van der Waals surface area contributed by atoms with Crippen molar-refractivity contribution in [3.63, 3.8) is 0 Å². The number of hydrogen-bond acceptors (Lipinski definition) is 1. The maximum Gasteiger partial charge on any atom is 0.252 e. The number of hydrogen-bond donors (Lipinski definition) is 1. The molecule has 1 N–H and O–H groups in total. The van der Waals surface area contributed by atoms with Crippen LogP contribution < -0.4 is 5.32 Å². The summed E-state index contributed by atoms with van der Waals surface area (Å²) in [5.74, 6) is -1.71. The van der Waals surface area contributed by atoms with Crippen LogP contribution in [0.2, 0.25) is 5.02 Å². The van der Waals surface area contributed by atoms with Gasteiger partial charge in [-0.25, -0.2) is 8.78 Å². The number of benzene rings is 2. The van der Waals surface area contributed by atoms with E-state index in [-0.39, 0.29) is 11.5 Å². The molecule has 0 bridgehead atoms. The maximum atomic E-state index is 13.7. The van der Waals surface area contributed by atoms with Crippen LogP contribution in [-0.2, 0) is 0 Å². The first-order chi connectivity index (χ1) is 9.88. The van der Waals surface area contributed by atoms with E-state index in [1.54, 1.807) is 25.1 Å². The summed E-state index contributed by atoms with van der Waals surface area (Å²) in [6, 6.07) is 7.63. The van der Waals surface area contributed by atoms with Crippen molar-refractivity contribution in [3.8, 4) is 0 Å². The van der Waals surface area contributed by atoms with Gasteiger partial charge in [0.2, 0.25) is 0 Å². The van der Waals surface area contributed by atoms with Crippen molar-refractivity contribution >= 4 is 40.1 Å². The molecular weight excluding hydrogens is 411 g/mol. The Labute approximate surface area is 139 Å². The van der Waals surface area contributed by atoms with Gasteiger partial charge in [-0.05, 0) is 53.8 Å². The number of carbonyl (C=O) groups excluding carboxylic acids is 1. The van der Waals surface area contributed by atoms with Crippen LogP contribution >= 0.6 is 34.2 Å². The number of carbonyl (C=O) groups is 1. The van der Waals surface area contributed by atoms with Gasteiger partial charge in [0.1, 0.15) is 11.6 Å². The molecule has 110 valence electrons. The van der Waals surface area contributed by atoms with Crippen molar-refractivity contribution < 1.29 is 13.6 Å². The summed E-state index contributed by atoms with van der Waals surface area (Å²) >= 11 is 7.89. The van der Waals surface area contributed by atoms with Crippen LogP contribution in [0.1, 0.15) is 28.9 Å². The van der Waals surface area contributed by atoms with Crippen LogP contribution in [0.4, 0.5) is 8.78 Å². The average molecular weight is 422 g/mol. The van der Waals surface area contributed by atoms with Crippen LogP contribution in [0, 0.1) is 15.2 Å². The van der Waals surface area contributed by atoms with E-state index in [1.165, 1.54) is 6.07 Å². The molecule has 0 fully saturated rings. The largest absolute Gasteiger partial charge is 0.345 e. The second-order valence-electron chi connectivity index (χ2n) is 4.49. The first-order valence-electron chi connectivity index (χ1n) is 6.09. The Balaban J connectivity index is 2.20. The van der Waals surface area contributed by atoms with Crippen molar-refractivity contribution in [3.05, 3.63) is 67.8 Å². The summed E-state index contributed by atoms with van der Waals surface area (Å²) in [5, 5.41) is 3.12. The summed E-state index contributed by atoms with van der Waals surface area (Å²) < 4.78 is 27.3. The molecule has 2 nitrogen and oxygen atoms in total. The summed E-state index contributed by atoms with van der Waals surface area (Å²) in [6.07, 6.45) is 0. The van der Waals surface area contributed by atoms with Gasteiger partial charge in [0.15, 0.2) is 0 Å². The van der Waals surface area contributed by atoms with E-state index in [9.17, 15) is 13.6 Å². The quantitative estimate of drug-likeness (QED) is 0.714. The lowest BCUT2D eigenvalue weighted by molar-refractivity contribution is 0.0938. The second kappa shape index (κ2) is 6.70. The fraction of sp³-hybridized carbons (Fsp3) is 0.133. The van der Waals surface area contributed by atoms with Gasteiger partial charge in [-0.2, -0.15) is 0 Å². The molecular formula is C15H11ClF2INO. The minimum absolute atomic E-state index is 0.224. The highest BCUT2D eigenvalue weighted by Gasteiger charge is 2.17. The molecule has 0 spiro atoms. The third kappa shape index (κ3) is 3.91. The highest BCUT2D eigenvalue weighted by atomic mass is 127. The Morgan fingerprint density at radius 1 is 1.24 bits per heavy atom. The normalized spacial score (nSPS) is 12.0. The predicted octanol–water partition coefficient (Wildman–Crippen LogP) is 4.71. The third-order valence-electron chi connectivity index (χ3n) is 2.95. The minimum atomic E-state index is -0.691. The van der Waals surface area contributed by atoms with E-state index in [0.717, 1.165) is 15.7 Å². The number of amides is 1. The summed E-state index contributed by atoms with van der Waals surface area (Å²) in [7, 11) is 0. The van der Waals surface area contributed by atoms with Crippen LogP contribution in [-0.4, -0.2) is 5.91 Å². The molecule has 6 heteroatoms. The fourth-order valence-electron chi connectivity index (χ4n) is 1.88. The average Bonchev–Trinajstić information content (AvgIpc) is 2.41. The highest BCUT2D eigenvalue weighted by Crippen LogP contribution is 2.21. The molecule has 2 rings (SSSR count). The minimum Gasteiger partial charge on any atom is -0.345 e. The maximum absolute atomic E-state index is 13.7. The van der Waals surface area contributed by atoms with Crippen molar-refractivity contribution in [2.45, 2.75) is 13.0 Å². The monoisotopic (exact) mass is 421 g/mol. The molecule has 0 radical (unpaired) electrons. The number of nitrogens with one attached hydrogen (secondary N) is 1. The van der Waals surface area contributed by atoms with Gasteiger partial charge < -0.3 is 5.32 Å². The molecule has 0 heterocycles. The van der Waals surface area contributed by atoms with E-state index in [0.29, 0.717) is 10.6 Å². The zero-order chi connectivity index (χ0) is 15.6. The molecule has 21 heavy (non-hydrogen) atoms. The number of rotatable bonds is 3. The van der Waals surface area contributed by atoms with Crippen molar-refractivity contribution in [2.75, 3.05) is 0 Å². The van der Waals surface area contributed by atoms with Crippen LogP contribution in [0.15, 0.2) is 36.4 Å². The molecule has 0 aliphatic carbocycles. The van der Waals surface area contributed by atoms with Crippen molar-refractivity contribution in [2.24, 2.45) is 0 Å². The van der Waals surface area contributed by atoms with E-state index in [1.807, 2.05) is 22.6 Å². The van der Waals surface area contributed by atoms with E-state index in [2.05, 4.69) is 5.32 Å². The summed E-state index contributed by atoms with van der Waals surface area (Å²) in [5.41, 5.74) is 0.638. The smallest absolute Gasteiger partial charge is 0.252 e. The zero-order valence-corrected chi connectivity index (χ0v) is 13.9. The Morgan fingerprint density at radius 3 is 2.62 bits per heavy atom. The second-order valence-corrected chi connectivity index (χ2v) is 6.08. The topological polar surface area (TPSA) is 29.1 Å². The summed E-state index contributed by atoms with van der Waals surface area (Å²) in [6.45, 7) is 1.63. The Morgan fingerprint density at radius 2 is 1.95 bits per heavy atom. The number of halogens is 4. The lowest BCUT2D eigenvalue weighted by Crippen LogP contribution is -2.28. The fourth-order valence-corrected chi connectivity index (χ4v) is 2.63. The van der Waals surface area contributed by atoms with Crippen LogP contribution in [0.3, 0.4) is 0 Å². The standard InChI is InChI=1S/C15H11ClF2INO/c1-8(11-4-3-10(17)7-13(11)18)20-15(21)12-6-9(16)2-5-14(12)19/h2-8H,1H3,(H,20,21)/t8-/m0/s1. The lowest BCUT2D eigenvalue weighted by Gasteiger charge is -2.16. The molecule has 2 aromatic rings. The Kier molecular flexibility index (Phi) is 5.16. The van der Waals surface area contributed by atoms with Gasteiger partial charge in [0.05, 0.1) is 11.6 Å². The van der Waals surface area contributed by atoms with E-state index in [4.69, 9.17) is 11.6 Å². The molecule has 0 aromatic heterocycles. The third-order valence-corrected chi connectivity index (χ3v) is 4.13. The van der Waals surface area contributed by atoms with E-state index < -0.39 is 17.7 Å². The van der Waals surface area contributed by atoms with Gasteiger partial charge in [-0.3, -0.25) is 4.79 Å². The molecule has 2 aromatic carbocycles. The molecule has 1 atom stereocenters. The zero-order valence-electron chi connectivity index (χ0n) is 11.0. The van der Waals surface area contributed by atoms with E-state index >= 15 is 0 Å². The van der Waals surface area contributed by atoms with Gasteiger partial charge in [-0.1, -0.05) is 17.7 Å². The van der Waals surface area contributed by atoms with Crippen molar-refractivity contribution in [1.29, 1.82) is 0 Å². The SMILES string of the molecule is C[C@H](NC(=O)c1cc(Cl)ccc1I)c1ccc(F)cc1F. The van der Waals surface area contributed by atoms with Gasteiger partial charge in [0, 0.05) is 20.2 Å². The molecule has 0 saturated carbocycles. The molecule has 0 aliphatic heterocycles. The lowest BCUT2D eigenvalue weighted by atomic mass is 10.1. The summed E-state index contributed by atoms with van der Waals surface area (Å²) in [4.78, 5) is 12.2. The molecule has 0 saturated heterocycles. The predicted molar refractivity (Wildman–Crippen MR) is 86.4 cm³/mol. The highest BCUT2D eigenvalue weighted by molar-refractivity contribution is 14.1. The Bertz CT molecular complexity index is 693. The molecule has 0 unspecified atom stereocenters. The van der Waals surface area contributed by atoms with Crippen molar-refractivity contribution in [1.82, 2.24) is 5.32 Å². The van der Waals surface area contributed by atoms with Crippen LogP contribution in [0.25, 0.3) is 0 Å². The Hall–Kier alpha value is -1.21. The van der Waals surface area contributed by atoms with Crippen LogP contribution in [0.5, 0.6) is 0 Å². The van der Waals surface area contributed by atoms with Gasteiger partial charge in [-0.15, -0.1) is 0 Å².